The molecule has 0 N–H and O–H groups in total. The molecule has 11 heteroatoms. The number of ether oxygens (including phenoxy) is 1. The SMILES string of the molecule is CCOC(=O)CCC12CCC(=O)N1c1cc(F)c(F)cc1-c1nc(=O)c(-c3ccc(F)cc3)nn12. The molecule has 2 aromatic carbocycles. The van der Waals surface area contributed by atoms with E-state index in [1.54, 1.807) is 6.92 Å². The molecule has 8 nitrogen and oxygen atoms in total. The Hall–Kier alpha value is -4.02. The smallest absolute Gasteiger partial charge is 0.305 e. The van der Waals surface area contributed by atoms with Gasteiger partial charge in [-0.1, -0.05) is 0 Å². The number of hydrogen-bond donors (Lipinski definition) is 0. The van der Waals surface area contributed by atoms with E-state index in [-0.39, 0.29) is 66.5 Å². The Kier molecular flexibility index (Phi) is 5.42. The number of esters is 1. The van der Waals surface area contributed by atoms with Crippen molar-refractivity contribution in [3.63, 3.8) is 0 Å². The Bertz CT molecular complexity index is 1420. The van der Waals surface area contributed by atoms with Gasteiger partial charge in [0, 0.05) is 42.9 Å². The molecule has 0 radical (unpaired) electrons. The van der Waals surface area contributed by atoms with Crippen LogP contribution in [-0.2, 0) is 20.0 Å². The minimum absolute atomic E-state index is 0.0150. The first-order valence-electron chi connectivity index (χ1n) is 11.0. The van der Waals surface area contributed by atoms with E-state index in [1.807, 2.05) is 0 Å². The van der Waals surface area contributed by atoms with Gasteiger partial charge < -0.3 is 4.74 Å². The van der Waals surface area contributed by atoms with E-state index in [0.29, 0.717) is 0 Å². The number of nitrogens with zero attached hydrogens (tertiary/aromatic N) is 4. The van der Waals surface area contributed by atoms with Crippen LogP contribution in [0.4, 0.5) is 18.9 Å². The number of carbonyl (C=O) groups excluding carboxylic acids is 2. The van der Waals surface area contributed by atoms with Gasteiger partial charge in [0.2, 0.25) is 5.91 Å². The van der Waals surface area contributed by atoms with Crippen molar-refractivity contribution in [2.75, 3.05) is 11.5 Å². The Balaban J connectivity index is 1.77. The number of fused-ring (bicyclic) bond motifs is 6. The van der Waals surface area contributed by atoms with Gasteiger partial charge >= 0.3 is 5.97 Å². The highest BCUT2D eigenvalue weighted by atomic mass is 19.2. The van der Waals surface area contributed by atoms with Crippen LogP contribution in [0.25, 0.3) is 22.6 Å². The highest BCUT2D eigenvalue weighted by molar-refractivity contribution is 6.01. The minimum Gasteiger partial charge on any atom is -0.466 e. The zero-order valence-electron chi connectivity index (χ0n) is 18.6. The predicted molar refractivity (Wildman–Crippen MR) is 118 cm³/mol. The van der Waals surface area contributed by atoms with E-state index in [4.69, 9.17) is 4.74 Å². The van der Waals surface area contributed by atoms with E-state index in [9.17, 15) is 27.6 Å². The number of aromatic nitrogens is 3. The Labute approximate surface area is 197 Å². The van der Waals surface area contributed by atoms with Crippen LogP contribution in [0.2, 0.25) is 0 Å². The fourth-order valence-corrected chi connectivity index (χ4v) is 4.74. The molecule has 2 aliphatic rings. The molecule has 0 bridgehead atoms. The van der Waals surface area contributed by atoms with Crippen molar-refractivity contribution in [3.05, 3.63) is 64.2 Å². The summed E-state index contributed by atoms with van der Waals surface area (Å²) >= 11 is 0. The van der Waals surface area contributed by atoms with Crippen molar-refractivity contribution in [1.82, 2.24) is 14.8 Å². The molecule has 3 aromatic rings. The normalized spacial score (nSPS) is 18.2. The quantitative estimate of drug-likeness (QED) is 0.515. The summed E-state index contributed by atoms with van der Waals surface area (Å²) in [6.07, 6.45) is 0.149. The Morgan fingerprint density at radius 2 is 1.83 bits per heavy atom. The van der Waals surface area contributed by atoms with E-state index in [0.717, 1.165) is 24.3 Å². The van der Waals surface area contributed by atoms with Crippen molar-refractivity contribution in [3.8, 4) is 22.6 Å². The minimum atomic E-state index is -1.31. The summed E-state index contributed by atoms with van der Waals surface area (Å²) < 4.78 is 48.4. The van der Waals surface area contributed by atoms with Crippen molar-refractivity contribution < 1.29 is 27.5 Å². The number of hydrogen-bond acceptors (Lipinski definition) is 6. The first-order valence-corrected chi connectivity index (χ1v) is 11.0. The number of rotatable bonds is 5. The van der Waals surface area contributed by atoms with Crippen LogP contribution in [0.3, 0.4) is 0 Å². The van der Waals surface area contributed by atoms with Gasteiger partial charge in [-0.15, -0.1) is 0 Å². The first-order chi connectivity index (χ1) is 16.7. The number of benzene rings is 2. The maximum Gasteiger partial charge on any atom is 0.305 e. The summed E-state index contributed by atoms with van der Waals surface area (Å²) in [5.74, 6) is -3.82. The predicted octanol–water partition coefficient (Wildman–Crippen LogP) is 3.53. The molecule has 1 amide bonds. The van der Waals surface area contributed by atoms with Gasteiger partial charge in [0.1, 0.15) is 11.5 Å². The highest BCUT2D eigenvalue weighted by Crippen LogP contribution is 2.50. The summed E-state index contributed by atoms with van der Waals surface area (Å²) in [5, 5.41) is 4.49. The average molecular weight is 484 g/mol. The van der Waals surface area contributed by atoms with Gasteiger partial charge in [-0.05, 0) is 37.3 Å². The van der Waals surface area contributed by atoms with Crippen LogP contribution >= 0.6 is 0 Å². The van der Waals surface area contributed by atoms with Crippen molar-refractivity contribution in [2.24, 2.45) is 0 Å². The van der Waals surface area contributed by atoms with Crippen molar-refractivity contribution in [2.45, 2.75) is 38.3 Å². The molecule has 1 fully saturated rings. The molecule has 2 aliphatic heterocycles. The summed E-state index contributed by atoms with van der Waals surface area (Å²) in [4.78, 5) is 43.6. The van der Waals surface area contributed by atoms with E-state index < -0.39 is 34.6 Å². The molecule has 3 heterocycles. The topological polar surface area (TPSA) is 94.4 Å². The van der Waals surface area contributed by atoms with Crippen LogP contribution in [0.1, 0.15) is 32.6 Å². The van der Waals surface area contributed by atoms with Crippen molar-refractivity contribution in [1.29, 1.82) is 0 Å². The lowest BCUT2D eigenvalue weighted by Gasteiger charge is -2.44. The highest BCUT2D eigenvalue weighted by Gasteiger charge is 2.53. The maximum absolute atomic E-state index is 14.3. The van der Waals surface area contributed by atoms with E-state index in [1.165, 1.54) is 21.7 Å². The second kappa shape index (κ2) is 8.33. The monoisotopic (exact) mass is 484 g/mol. The third-order valence-electron chi connectivity index (χ3n) is 6.28. The van der Waals surface area contributed by atoms with Gasteiger partial charge in [-0.25, -0.2) is 17.9 Å². The zero-order valence-corrected chi connectivity index (χ0v) is 18.6. The second-order valence-electron chi connectivity index (χ2n) is 8.31. The molecule has 5 rings (SSSR count). The summed E-state index contributed by atoms with van der Waals surface area (Å²) in [6, 6.07) is 6.80. The summed E-state index contributed by atoms with van der Waals surface area (Å²) in [5.41, 5.74) is -1.86. The summed E-state index contributed by atoms with van der Waals surface area (Å²) in [7, 11) is 0. The molecule has 1 unspecified atom stereocenters. The largest absolute Gasteiger partial charge is 0.466 e. The molecular weight excluding hydrogens is 465 g/mol. The number of carbonyl (C=O) groups is 2. The lowest BCUT2D eigenvalue weighted by molar-refractivity contribution is -0.143. The van der Waals surface area contributed by atoms with Gasteiger partial charge in [0.25, 0.3) is 5.56 Å². The first kappa shape index (κ1) is 22.8. The molecule has 0 saturated carbocycles. The van der Waals surface area contributed by atoms with E-state index in [2.05, 4.69) is 10.1 Å². The summed E-state index contributed by atoms with van der Waals surface area (Å²) in [6.45, 7) is 1.83. The van der Waals surface area contributed by atoms with Gasteiger partial charge in [0.15, 0.2) is 23.2 Å². The van der Waals surface area contributed by atoms with Crippen LogP contribution in [0.15, 0.2) is 41.2 Å². The van der Waals surface area contributed by atoms with Crippen LogP contribution in [-0.4, -0.2) is 33.2 Å². The van der Waals surface area contributed by atoms with Crippen LogP contribution in [0.5, 0.6) is 0 Å². The number of amides is 1. The number of anilines is 1. The molecule has 1 aromatic heterocycles. The number of halogens is 3. The molecular formula is C24H19F3N4O4. The second-order valence-corrected chi connectivity index (χ2v) is 8.31. The average Bonchev–Trinajstić information content (AvgIpc) is 3.17. The molecule has 0 spiro atoms. The van der Waals surface area contributed by atoms with Crippen LogP contribution < -0.4 is 10.5 Å². The lowest BCUT2D eigenvalue weighted by Crippen LogP contribution is -2.53. The maximum atomic E-state index is 14.3. The zero-order chi connectivity index (χ0) is 24.9. The third kappa shape index (κ3) is 3.58. The molecule has 1 saturated heterocycles. The Morgan fingerprint density at radius 1 is 1.11 bits per heavy atom. The van der Waals surface area contributed by atoms with Crippen LogP contribution in [0, 0.1) is 17.5 Å². The van der Waals surface area contributed by atoms with Crippen molar-refractivity contribution >= 4 is 17.6 Å². The Morgan fingerprint density at radius 3 is 2.54 bits per heavy atom. The van der Waals surface area contributed by atoms with Gasteiger partial charge in [0.05, 0.1) is 12.3 Å². The molecule has 0 aliphatic carbocycles. The van der Waals surface area contributed by atoms with Gasteiger partial charge in [-0.2, -0.15) is 10.1 Å². The van der Waals surface area contributed by atoms with Gasteiger partial charge in [-0.3, -0.25) is 19.3 Å². The lowest BCUT2D eigenvalue weighted by atomic mass is 9.95. The molecule has 180 valence electrons. The third-order valence-corrected chi connectivity index (χ3v) is 6.28. The van der Waals surface area contributed by atoms with E-state index >= 15 is 0 Å². The standard InChI is InChI=1S/C24H19F3N4O4/c1-2-35-20(33)8-10-24-9-7-19(32)30(24)18-12-17(27)16(26)11-15(18)22-28-23(34)21(29-31(22)24)13-3-5-14(25)6-4-13/h3-6,11-12H,2,7-10H2,1H3. The fraction of sp³-hybridized carbons (Fsp3) is 0.292. The molecule has 1 atom stereocenters. The molecule has 35 heavy (non-hydrogen) atoms. The fourth-order valence-electron chi connectivity index (χ4n) is 4.74.